The molecule has 1 aliphatic carbocycles. The molecular weight excluding hydrogens is 316 g/mol. The van der Waals surface area contributed by atoms with E-state index in [0.29, 0.717) is 28.8 Å². The van der Waals surface area contributed by atoms with E-state index < -0.39 is 0 Å². The lowest BCUT2D eigenvalue weighted by molar-refractivity contribution is -0.134. The Balaban J connectivity index is 1.88. The van der Waals surface area contributed by atoms with Crippen molar-refractivity contribution in [1.82, 2.24) is 4.90 Å². The van der Waals surface area contributed by atoms with E-state index in [4.69, 9.17) is 16.3 Å². The molecule has 0 saturated heterocycles. The molecule has 6 heteroatoms. The monoisotopic (exact) mass is 338 g/mol. The fourth-order valence-electron chi connectivity index (χ4n) is 2.89. The van der Waals surface area contributed by atoms with Gasteiger partial charge in [0.1, 0.15) is 5.75 Å². The summed E-state index contributed by atoms with van der Waals surface area (Å²) < 4.78 is 5.19. The molecule has 1 aliphatic rings. The van der Waals surface area contributed by atoms with Gasteiger partial charge in [-0.25, -0.2) is 0 Å². The Morgan fingerprint density at radius 1 is 1.35 bits per heavy atom. The number of rotatable bonds is 6. The SMILES string of the molecule is COc1ccc(Cl)cc1NC(=O)CN(C)C(=O)CC1CCCC1. The molecule has 0 spiro atoms. The lowest BCUT2D eigenvalue weighted by Crippen LogP contribution is -2.35. The van der Waals surface area contributed by atoms with Gasteiger partial charge in [0.05, 0.1) is 19.3 Å². The minimum Gasteiger partial charge on any atom is -0.495 e. The number of amides is 2. The van der Waals surface area contributed by atoms with Gasteiger partial charge in [0.25, 0.3) is 0 Å². The number of nitrogens with zero attached hydrogens (tertiary/aromatic N) is 1. The number of hydrogen-bond donors (Lipinski definition) is 1. The zero-order valence-electron chi connectivity index (χ0n) is 13.6. The van der Waals surface area contributed by atoms with Crippen molar-refractivity contribution in [3.63, 3.8) is 0 Å². The Labute approximate surface area is 141 Å². The van der Waals surface area contributed by atoms with Crippen LogP contribution in [0.25, 0.3) is 0 Å². The lowest BCUT2D eigenvalue weighted by atomic mass is 10.0. The number of carbonyl (C=O) groups excluding carboxylic acids is 2. The average Bonchev–Trinajstić information content (AvgIpc) is 3.00. The van der Waals surface area contributed by atoms with E-state index in [1.165, 1.54) is 24.9 Å². The van der Waals surface area contributed by atoms with Crippen LogP contribution in [0.4, 0.5) is 5.69 Å². The minimum absolute atomic E-state index is 0.0151. The van der Waals surface area contributed by atoms with Crippen molar-refractivity contribution in [3.8, 4) is 5.75 Å². The zero-order valence-corrected chi connectivity index (χ0v) is 14.4. The van der Waals surface area contributed by atoms with Crippen molar-refractivity contribution in [2.45, 2.75) is 32.1 Å². The second-order valence-electron chi connectivity index (χ2n) is 6.00. The quantitative estimate of drug-likeness (QED) is 0.865. The molecule has 2 amide bonds. The Hall–Kier alpha value is -1.75. The topological polar surface area (TPSA) is 58.6 Å². The Kier molecular flexibility index (Phi) is 6.28. The van der Waals surface area contributed by atoms with Gasteiger partial charge >= 0.3 is 0 Å². The Morgan fingerprint density at radius 2 is 2.04 bits per heavy atom. The molecule has 1 saturated carbocycles. The molecule has 1 aromatic rings. The lowest BCUT2D eigenvalue weighted by Gasteiger charge is -2.19. The summed E-state index contributed by atoms with van der Waals surface area (Å²) in [6.07, 6.45) is 5.18. The predicted molar refractivity (Wildman–Crippen MR) is 90.8 cm³/mol. The highest BCUT2D eigenvalue weighted by molar-refractivity contribution is 6.31. The Bertz CT molecular complexity index is 571. The van der Waals surface area contributed by atoms with Gasteiger partial charge in [-0.3, -0.25) is 9.59 Å². The molecule has 2 rings (SSSR count). The highest BCUT2D eigenvalue weighted by Crippen LogP contribution is 2.28. The molecule has 5 nitrogen and oxygen atoms in total. The average molecular weight is 339 g/mol. The molecular formula is C17H23ClN2O3. The third kappa shape index (κ3) is 5.13. The molecule has 0 atom stereocenters. The third-order valence-corrected chi connectivity index (χ3v) is 4.42. The van der Waals surface area contributed by atoms with E-state index >= 15 is 0 Å². The van der Waals surface area contributed by atoms with Crippen LogP contribution in [0.15, 0.2) is 18.2 Å². The van der Waals surface area contributed by atoms with Crippen LogP contribution in [-0.2, 0) is 9.59 Å². The zero-order chi connectivity index (χ0) is 16.8. The number of benzene rings is 1. The van der Waals surface area contributed by atoms with E-state index in [9.17, 15) is 9.59 Å². The molecule has 1 N–H and O–H groups in total. The van der Waals surface area contributed by atoms with Gasteiger partial charge in [-0.1, -0.05) is 24.4 Å². The standard InChI is InChI=1S/C17H23ClN2O3/c1-20(17(22)9-12-5-3-4-6-12)11-16(21)19-14-10-13(18)7-8-15(14)23-2/h7-8,10,12H,3-6,9,11H2,1-2H3,(H,19,21). The summed E-state index contributed by atoms with van der Waals surface area (Å²) in [5.41, 5.74) is 0.502. The van der Waals surface area contributed by atoms with Gasteiger partial charge in [-0.05, 0) is 37.0 Å². The van der Waals surface area contributed by atoms with Crippen molar-refractivity contribution in [2.75, 3.05) is 26.0 Å². The van der Waals surface area contributed by atoms with Gasteiger partial charge in [0, 0.05) is 18.5 Å². The van der Waals surface area contributed by atoms with Crippen LogP contribution in [0.2, 0.25) is 5.02 Å². The van der Waals surface area contributed by atoms with Crippen molar-refractivity contribution >= 4 is 29.1 Å². The van der Waals surface area contributed by atoms with Gasteiger partial charge in [0.15, 0.2) is 0 Å². The first-order valence-corrected chi connectivity index (χ1v) is 8.24. The number of anilines is 1. The normalized spacial score (nSPS) is 14.6. The maximum absolute atomic E-state index is 12.2. The van der Waals surface area contributed by atoms with E-state index in [2.05, 4.69) is 5.32 Å². The molecule has 126 valence electrons. The van der Waals surface area contributed by atoms with Crippen LogP contribution in [0.5, 0.6) is 5.75 Å². The minimum atomic E-state index is -0.271. The van der Waals surface area contributed by atoms with E-state index in [0.717, 1.165) is 12.8 Å². The van der Waals surface area contributed by atoms with Crippen molar-refractivity contribution in [1.29, 1.82) is 0 Å². The smallest absolute Gasteiger partial charge is 0.244 e. The molecule has 0 unspecified atom stereocenters. The number of hydrogen-bond acceptors (Lipinski definition) is 3. The van der Waals surface area contributed by atoms with Gasteiger partial charge in [-0.2, -0.15) is 0 Å². The first-order valence-electron chi connectivity index (χ1n) is 7.87. The number of methoxy groups -OCH3 is 1. The summed E-state index contributed by atoms with van der Waals surface area (Å²) in [6.45, 7) is 0.0151. The maximum Gasteiger partial charge on any atom is 0.244 e. The third-order valence-electron chi connectivity index (χ3n) is 4.18. The number of halogens is 1. The number of carbonyl (C=O) groups is 2. The van der Waals surface area contributed by atoms with Crippen LogP contribution in [0, 0.1) is 5.92 Å². The highest BCUT2D eigenvalue weighted by Gasteiger charge is 2.21. The maximum atomic E-state index is 12.2. The molecule has 0 bridgehead atoms. The molecule has 0 radical (unpaired) electrons. The Morgan fingerprint density at radius 3 is 2.70 bits per heavy atom. The first-order chi connectivity index (χ1) is 11.0. The fraction of sp³-hybridized carbons (Fsp3) is 0.529. The summed E-state index contributed by atoms with van der Waals surface area (Å²) in [5, 5.41) is 3.25. The van der Waals surface area contributed by atoms with Gasteiger partial charge < -0.3 is 15.0 Å². The van der Waals surface area contributed by atoms with Crippen LogP contribution in [0.3, 0.4) is 0 Å². The molecule has 1 aromatic carbocycles. The summed E-state index contributed by atoms with van der Waals surface area (Å²) in [4.78, 5) is 25.8. The highest BCUT2D eigenvalue weighted by atomic mass is 35.5. The first kappa shape index (κ1) is 17.6. The number of nitrogens with one attached hydrogen (secondary N) is 1. The van der Waals surface area contributed by atoms with Crippen molar-refractivity contribution in [2.24, 2.45) is 5.92 Å². The van der Waals surface area contributed by atoms with Crippen LogP contribution in [-0.4, -0.2) is 37.4 Å². The second-order valence-corrected chi connectivity index (χ2v) is 6.43. The van der Waals surface area contributed by atoms with E-state index in [1.54, 1.807) is 25.2 Å². The number of likely N-dealkylation sites (N-methyl/N-ethyl adjacent to an activating group) is 1. The van der Waals surface area contributed by atoms with Crippen LogP contribution < -0.4 is 10.1 Å². The van der Waals surface area contributed by atoms with Crippen molar-refractivity contribution < 1.29 is 14.3 Å². The fourth-order valence-corrected chi connectivity index (χ4v) is 3.06. The largest absolute Gasteiger partial charge is 0.495 e. The molecule has 1 fully saturated rings. The molecule has 0 heterocycles. The molecule has 0 aliphatic heterocycles. The summed E-state index contributed by atoms with van der Waals surface area (Å²) in [7, 11) is 3.18. The second kappa shape index (κ2) is 8.20. The summed E-state index contributed by atoms with van der Waals surface area (Å²) in [5.74, 6) is 0.752. The van der Waals surface area contributed by atoms with Gasteiger partial charge in [0.2, 0.25) is 11.8 Å². The van der Waals surface area contributed by atoms with Gasteiger partial charge in [-0.15, -0.1) is 0 Å². The predicted octanol–water partition coefficient (Wildman–Crippen LogP) is 3.33. The summed E-state index contributed by atoms with van der Waals surface area (Å²) in [6, 6.07) is 5.00. The molecule has 0 aromatic heterocycles. The van der Waals surface area contributed by atoms with Crippen molar-refractivity contribution in [3.05, 3.63) is 23.2 Å². The van der Waals surface area contributed by atoms with E-state index in [-0.39, 0.29) is 18.4 Å². The van der Waals surface area contributed by atoms with Crippen LogP contribution >= 0.6 is 11.6 Å². The van der Waals surface area contributed by atoms with E-state index in [1.807, 2.05) is 0 Å². The van der Waals surface area contributed by atoms with Crippen LogP contribution in [0.1, 0.15) is 32.1 Å². The summed E-state index contributed by atoms with van der Waals surface area (Å²) >= 11 is 5.94. The molecule has 23 heavy (non-hydrogen) atoms. The number of ether oxygens (including phenoxy) is 1.